The van der Waals surface area contributed by atoms with Gasteiger partial charge in [0.15, 0.2) is 0 Å². The molecule has 146 valence electrons. The molecule has 7 atom stereocenters. The molecule has 3 aliphatic carbocycles. The quantitative estimate of drug-likeness (QED) is 0.550. The Morgan fingerprint density at radius 1 is 1.23 bits per heavy atom. The Balaban J connectivity index is 2.05. The lowest BCUT2D eigenvalue weighted by molar-refractivity contribution is -0.145. The molecular weight excluding hydrogens is 328 g/mol. The highest BCUT2D eigenvalue weighted by atomic mass is 16.5. The number of carbonyl (C=O) groups excluding carboxylic acids is 1. The number of hydrogen-bond acceptors (Lipinski definition) is 4. The van der Waals surface area contributed by atoms with E-state index in [-0.39, 0.29) is 29.3 Å². The molecule has 0 spiro atoms. The highest BCUT2D eigenvalue weighted by molar-refractivity contribution is 5.66. The molecule has 0 aliphatic heterocycles. The van der Waals surface area contributed by atoms with Crippen LogP contribution in [0.15, 0.2) is 23.3 Å². The van der Waals surface area contributed by atoms with Gasteiger partial charge in [0.2, 0.25) is 0 Å². The lowest BCUT2D eigenvalue weighted by Gasteiger charge is -2.47. The van der Waals surface area contributed by atoms with E-state index < -0.39 is 12.2 Å². The monoisotopic (exact) mass is 362 g/mol. The van der Waals surface area contributed by atoms with Crippen LogP contribution in [-0.4, -0.2) is 34.5 Å². The van der Waals surface area contributed by atoms with Crippen molar-refractivity contribution in [3.05, 3.63) is 23.3 Å². The van der Waals surface area contributed by atoms with E-state index in [0.717, 1.165) is 49.7 Å². The molecule has 2 bridgehead atoms. The smallest absolute Gasteiger partial charge is 0.303 e. The third-order valence-corrected chi connectivity index (χ3v) is 7.44. The second-order valence-electron chi connectivity index (χ2n) is 9.12. The summed E-state index contributed by atoms with van der Waals surface area (Å²) in [7, 11) is 0. The van der Waals surface area contributed by atoms with Crippen LogP contribution in [0.5, 0.6) is 0 Å². The molecule has 0 aromatic heterocycles. The van der Waals surface area contributed by atoms with Gasteiger partial charge in [0.25, 0.3) is 0 Å². The molecule has 0 aromatic rings. The van der Waals surface area contributed by atoms with Gasteiger partial charge < -0.3 is 14.9 Å². The van der Waals surface area contributed by atoms with Gasteiger partial charge in [0.05, 0.1) is 6.10 Å². The molecule has 26 heavy (non-hydrogen) atoms. The first-order valence-corrected chi connectivity index (χ1v) is 10.1. The van der Waals surface area contributed by atoms with Gasteiger partial charge in [-0.3, -0.25) is 4.79 Å². The zero-order chi connectivity index (χ0) is 19.2. The molecule has 0 saturated heterocycles. The molecule has 0 aromatic carbocycles. The Morgan fingerprint density at radius 3 is 2.58 bits per heavy atom. The van der Waals surface area contributed by atoms with Crippen LogP contribution in [0.3, 0.4) is 0 Å². The predicted octanol–water partition coefficient (Wildman–Crippen LogP) is 3.77. The van der Waals surface area contributed by atoms with Crippen molar-refractivity contribution in [1.82, 2.24) is 0 Å². The summed E-state index contributed by atoms with van der Waals surface area (Å²) in [5.74, 6) is 0.563. The molecule has 2 N–H and O–H groups in total. The number of aliphatic hydroxyl groups is 2. The van der Waals surface area contributed by atoms with Crippen LogP contribution >= 0.6 is 0 Å². The minimum absolute atomic E-state index is 0.162. The van der Waals surface area contributed by atoms with E-state index in [1.165, 1.54) is 12.5 Å². The minimum atomic E-state index is -0.763. The summed E-state index contributed by atoms with van der Waals surface area (Å²) in [5, 5.41) is 21.8. The first kappa shape index (κ1) is 19.6. The number of carbonyl (C=O) groups is 1. The topological polar surface area (TPSA) is 66.8 Å². The summed E-state index contributed by atoms with van der Waals surface area (Å²) in [4.78, 5) is 11.7. The number of aliphatic hydroxyl groups excluding tert-OH is 2. The van der Waals surface area contributed by atoms with E-state index in [9.17, 15) is 15.0 Å². The Bertz CT molecular complexity index is 622. The van der Waals surface area contributed by atoms with E-state index >= 15 is 0 Å². The first-order valence-electron chi connectivity index (χ1n) is 10.1. The van der Waals surface area contributed by atoms with Gasteiger partial charge in [-0.2, -0.15) is 0 Å². The first-order chi connectivity index (χ1) is 12.2. The van der Waals surface area contributed by atoms with E-state index in [1.54, 1.807) is 0 Å². The van der Waals surface area contributed by atoms with Crippen LogP contribution in [0.2, 0.25) is 0 Å². The van der Waals surface area contributed by atoms with Crippen LogP contribution in [0.25, 0.3) is 0 Å². The molecule has 0 heterocycles. The summed E-state index contributed by atoms with van der Waals surface area (Å²) in [6.07, 6.45) is 3.59. The fourth-order valence-electron chi connectivity index (χ4n) is 5.85. The number of rotatable bonds is 1. The van der Waals surface area contributed by atoms with Crippen LogP contribution in [0, 0.1) is 23.2 Å². The maximum atomic E-state index is 11.7. The SMILES string of the molecule is C=C1[C@H](OC(C)=O)CC[C@H](C)CCC2=C(C)[C@@H]3[C@H]1CC[C@]3(C)[C@@H](O)[C@@H]2O. The van der Waals surface area contributed by atoms with Crippen LogP contribution in [0.1, 0.15) is 66.2 Å². The van der Waals surface area contributed by atoms with Gasteiger partial charge in [-0.15, -0.1) is 0 Å². The Labute approximate surface area is 157 Å². The largest absolute Gasteiger partial charge is 0.458 e. The number of allylic oxidation sites excluding steroid dienone is 1. The zero-order valence-electron chi connectivity index (χ0n) is 16.6. The number of ether oxygens (including phenoxy) is 1. The van der Waals surface area contributed by atoms with Crippen molar-refractivity contribution in [1.29, 1.82) is 0 Å². The highest BCUT2D eigenvalue weighted by Gasteiger charge is 2.56. The Morgan fingerprint density at radius 2 is 1.92 bits per heavy atom. The van der Waals surface area contributed by atoms with Crippen LogP contribution in [-0.2, 0) is 9.53 Å². The van der Waals surface area contributed by atoms with Gasteiger partial charge in [0, 0.05) is 12.3 Å². The molecule has 1 fully saturated rings. The number of hydrogen-bond donors (Lipinski definition) is 2. The molecule has 3 aliphatic rings. The molecule has 4 nitrogen and oxygen atoms in total. The van der Waals surface area contributed by atoms with E-state index in [1.807, 2.05) is 0 Å². The average molecular weight is 363 g/mol. The molecule has 1 saturated carbocycles. The number of esters is 1. The summed E-state index contributed by atoms with van der Waals surface area (Å²) >= 11 is 0. The van der Waals surface area contributed by atoms with Crippen molar-refractivity contribution in [2.24, 2.45) is 23.2 Å². The van der Waals surface area contributed by atoms with Gasteiger partial charge in [-0.05, 0) is 74.3 Å². The van der Waals surface area contributed by atoms with Gasteiger partial charge in [-0.25, -0.2) is 0 Å². The molecule has 0 amide bonds. The average Bonchev–Trinajstić information content (AvgIpc) is 2.93. The minimum Gasteiger partial charge on any atom is -0.458 e. The fraction of sp³-hybridized carbons (Fsp3) is 0.773. The second kappa shape index (κ2) is 7.12. The van der Waals surface area contributed by atoms with Gasteiger partial charge >= 0.3 is 5.97 Å². The Hall–Kier alpha value is -1.13. The van der Waals surface area contributed by atoms with Crippen molar-refractivity contribution >= 4 is 5.97 Å². The summed E-state index contributed by atoms with van der Waals surface area (Å²) in [5.41, 5.74) is 2.90. The molecule has 3 rings (SSSR count). The van der Waals surface area contributed by atoms with Gasteiger partial charge in [0.1, 0.15) is 12.2 Å². The lowest BCUT2D eigenvalue weighted by Crippen LogP contribution is -2.50. The summed E-state index contributed by atoms with van der Waals surface area (Å²) < 4.78 is 5.66. The van der Waals surface area contributed by atoms with E-state index in [2.05, 4.69) is 27.4 Å². The predicted molar refractivity (Wildman–Crippen MR) is 101 cm³/mol. The molecule has 0 radical (unpaired) electrons. The molecule has 4 heteroatoms. The second-order valence-corrected chi connectivity index (χ2v) is 9.12. The normalized spacial score (nSPS) is 43.8. The van der Waals surface area contributed by atoms with Gasteiger partial charge in [-0.1, -0.05) is 26.0 Å². The maximum absolute atomic E-state index is 11.7. The Kier molecular flexibility index (Phi) is 5.38. The van der Waals surface area contributed by atoms with Crippen molar-refractivity contribution in [2.75, 3.05) is 0 Å². The van der Waals surface area contributed by atoms with Crippen LogP contribution < -0.4 is 0 Å². The highest BCUT2D eigenvalue weighted by Crippen LogP contribution is 2.59. The fourth-order valence-corrected chi connectivity index (χ4v) is 5.85. The van der Waals surface area contributed by atoms with Crippen molar-refractivity contribution < 1.29 is 19.7 Å². The van der Waals surface area contributed by atoms with Crippen molar-refractivity contribution in [2.45, 2.75) is 84.5 Å². The summed E-state index contributed by atoms with van der Waals surface area (Å²) in [6.45, 7) is 12.3. The third kappa shape index (κ3) is 3.16. The molecular formula is C22H34O4. The molecule has 0 unspecified atom stereocenters. The zero-order valence-corrected chi connectivity index (χ0v) is 16.6. The summed E-state index contributed by atoms with van der Waals surface area (Å²) in [6, 6.07) is 0. The van der Waals surface area contributed by atoms with E-state index in [4.69, 9.17) is 4.74 Å². The standard InChI is InChI=1S/C22H34O4/c1-12-6-8-17-14(3)19-16(10-11-22(19,5)21(25)20(17)24)13(2)18(9-7-12)26-15(4)23/h12,16,18-21,24-25H,2,6-11H2,1,3-5H3/t12-,16+,18-,19-,20-,21+,22+/m1/s1. The lowest BCUT2D eigenvalue weighted by atomic mass is 9.61. The van der Waals surface area contributed by atoms with Crippen LogP contribution in [0.4, 0.5) is 0 Å². The maximum Gasteiger partial charge on any atom is 0.303 e. The van der Waals surface area contributed by atoms with E-state index in [0.29, 0.717) is 5.92 Å². The third-order valence-electron chi connectivity index (χ3n) is 7.44. The van der Waals surface area contributed by atoms with Crippen molar-refractivity contribution in [3.8, 4) is 0 Å². The van der Waals surface area contributed by atoms with Crippen molar-refractivity contribution in [3.63, 3.8) is 0 Å².